The van der Waals surface area contributed by atoms with Crippen molar-refractivity contribution in [2.45, 2.75) is 20.0 Å². The molecule has 8 heteroatoms. The van der Waals surface area contributed by atoms with E-state index in [4.69, 9.17) is 24.0 Å². The highest BCUT2D eigenvalue weighted by Gasteiger charge is 2.26. The summed E-state index contributed by atoms with van der Waals surface area (Å²) in [6.45, 7) is 1.96. The highest BCUT2D eigenvalue weighted by molar-refractivity contribution is 7.48. The van der Waals surface area contributed by atoms with Crippen LogP contribution in [0.4, 0.5) is 0 Å². The molecule has 22 heavy (non-hydrogen) atoms. The first-order valence-electron chi connectivity index (χ1n) is 6.97. The lowest BCUT2D eigenvalue weighted by atomic mass is 10.2. The molecule has 0 saturated heterocycles. The minimum atomic E-state index is -3.69. The van der Waals surface area contributed by atoms with Crippen molar-refractivity contribution in [1.82, 2.24) is 0 Å². The van der Waals surface area contributed by atoms with Crippen LogP contribution in [0.2, 0.25) is 0 Å². The highest BCUT2D eigenvalue weighted by Crippen LogP contribution is 2.50. The minimum Gasteiger partial charge on any atom is -0.466 e. The molecule has 2 N–H and O–H groups in total. The van der Waals surface area contributed by atoms with Gasteiger partial charge in [0.1, 0.15) is 0 Å². The zero-order valence-electron chi connectivity index (χ0n) is 12.6. The molecule has 1 unspecified atom stereocenters. The van der Waals surface area contributed by atoms with Gasteiger partial charge in [0.25, 0.3) is 0 Å². The van der Waals surface area contributed by atoms with Gasteiger partial charge in [0.2, 0.25) is 0 Å². The maximum absolute atomic E-state index is 12.4. The number of esters is 1. The average molecular weight is 331 g/mol. The number of nitrogens with two attached hydrogens (primary N) is 1. The molecule has 7 nitrogen and oxygen atoms in total. The second-order valence-electron chi connectivity index (χ2n) is 4.35. The highest BCUT2D eigenvalue weighted by atomic mass is 31.2. The monoisotopic (exact) mass is 331 g/mol. The molecule has 0 amide bonds. The third kappa shape index (κ3) is 8.26. The summed E-state index contributed by atoms with van der Waals surface area (Å²) < 4.78 is 32.8. The Morgan fingerprint density at radius 3 is 2.41 bits per heavy atom. The topological polar surface area (TPSA) is 97.1 Å². The second-order valence-corrected chi connectivity index (χ2v) is 6.02. The second kappa shape index (κ2) is 10.5. The van der Waals surface area contributed by atoms with E-state index in [-0.39, 0.29) is 38.9 Å². The molecule has 0 aromatic heterocycles. The van der Waals surface area contributed by atoms with E-state index in [0.29, 0.717) is 6.42 Å². The first-order valence-corrected chi connectivity index (χ1v) is 8.43. The molecule has 1 aromatic rings. The van der Waals surface area contributed by atoms with E-state index in [1.807, 2.05) is 30.3 Å². The smallest absolute Gasteiger partial charge is 0.466 e. The van der Waals surface area contributed by atoms with Crippen LogP contribution in [0.25, 0.3) is 0 Å². The van der Waals surface area contributed by atoms with Crippen molar-refractivity contribution in [3.05, 3.63) is 35.9 Å². The molecule has 0 aliphatic rings. The number of phosphoric ester groups is 1. The van der Waals surface area contributed by atoms with Crippen molar-refractivity contribution in [1.29, 1.82) is 0 Å². The Bertz CT molecular complexity index is 481. The van der Waals surface area contributed by atoms with E-state index >= 15 is 0 Å². The molecule has 0 spiro atoms. The minimum absolute atomic E-state index is 0.0655. The van der Waals surface area contributed by atoms with Gasteiger partial charge in [0, 0.05) is 19.9 Å². The summed E-state index contributed by atoms with van der Waals surface area (Å²) in [6.07, 6.45) is 0.393. The predicted molar refractivity (Wildman–Crippen MR) is 81.0 cm³/mol. The molecule has 1 aromatic carbocycles. The molecule has 0 heterocycles. The van der Waals surface area contributed by atoms with Crippen LogP contribution in [0.5, 0.6) is 0 Å². The number of carbonyl (C=O) groups excluding carboxylic acids is 1. The SMILES string of the molecule is CC(=O)OCCCOP(=O)(OCCN)OCc1ccccc1. The van der Waals surface area contributed by atoms with Crippen molar-refractivity contribution in [3.63, 3.8) is 0 Å². The van der Waals surface area contributed by atoms with Crippen LogP contribution in [-0.2, 0) is 34.3 Å². The Morgan fingerprint density at radius 1 is 1.09 bits per heavy atom. The van der Waals surface area contributed by atoms with Crippen LogP contribution in [0, 0.1) is 0 Å². The van der Waals surface area contributed by atoms with Crippen LogP contribution in [-0.4, -0.2) is 32.3 Å². The van der Waals surface area contributed by atoms with Crippen LogP contribution >= 0.6 is 7.82 Å². The number of benzene rings is 1. The van der Waals surface area contributed by atoms with E-state index in [2.05, 4.69) is 0 Å². The van der Waals surface area contributed by atoms with Crippen LogP contribution in [0.15, 0.2) is 30.3 Å². The molecular weight excluding hydrogens is 309 g/mol. The normalized spacial score (nSPS) is 13.5. The van der Waals surface area contributed by atoms with E-state index in [1.54, 1.807) is 0 Å². The third-order valence-electron chi connectivity index (χ3n) is 2.44. The summed E-state index contributed by atoms with van der Waals surface area (Å²) in [5.41, 5.74) is 6.19. The lowest BCUT2D eigenvalue weighted by molar-refractivity contribution is -0.141. The van der Waals surface area contributed by atoms with Gasteiger partial charge in [-0.3, -0.25) is 18.4 Å². The Hall–Kier alpha value is -1.24. The summed E-state index contributed by atoms with van der Waals surface area (Å²) in [7, 11) is -3.69. The van der Waals surface area contributed by atoms with Crippen molar-refractivity contribution in [2.24, 2.45) is 5.73 Å². The Labute approximate surface area is 130 Å². The van der Waals surface area contributed by atoms with E-state index in [0.717, 1.165) is 5.56 Å². The summed E-state index contributed by atoms with van der Waals surface area (Å²) in [5, 5.41) is 0. The lowest BCUT2D eigenvalue weighted by Crippen LogP contribution is -2.11. The molecule has 0 fully saturated rings. The molecule has 0 aliphatic carbocycles. The maximum atomic E-state index is 12.4. The number of hydrogen-bond donors (Lipinski definition) is 1. The Morgan fingerprint density at radius 2 is 1.77 bits per heavy atom. The van der Waals surface area contributed by atoms with Gasteiger partial charge in [0.05, 0.1) is 26.4 Å². The van der Waals surface area contributed by atoms with Crippen LogP contribution in [0.1, 0.15) is 18.9 Å². The van der Waals surface area contributed by atoms with Gasteiger partial charge in [-0.05, 0) is 5.56 Å². The number of carbonyl (C=O) groups is 1. The van der Waals surface area contributed by atoms with Crippen molar-refractivity contribution in [2.75, 3.05) is 26.4 Å². The number of hydrogen-bond acceptors (Lipinski definition) is 7. The Balaban J connectivity index is 2.42. The van der Waals surface area contributed by atoms with Crippen molar-refractivity contribution < 1.29 is 27.7 Å². The molecule has 1 rings (SSSR count). The molecule has 0 bridgehead atoms. The molecular formula is C14H22NO6P. The van der Waals surface area contributed by atoms with Gasteiger partial charge in [-0.2, -0.15) is 0 Å². The van der Waals surface area contributed by atoms with Gasteiger partial charge < -0.3 is 10.5 Å². The zero-order chi connectivity index (χ0) is 16.3. The van der Waals surface area contributed by atoms with Gasteiger partial charge in [-0.1, -0.05) is 30.3 Å². The fourth-order valence-corrected chi connectivity index (χ4v) is 2.67. The van der Waals surface area contributed by atoms with Crippen LogP contribution in [0.3, 0.4) is 0 Å². The first kappa shape index (κ1) is 18.8. The third-order valence-corrected chi connectivity index (χ3v) is 3.89. The standard InChI is InChI=1S/C14H22NO6P/c1-13(16)18-9-5-10-19-22(17,20-11-8-15)21-12-14-6-3-2-4-7-14/h2-4,6-7H,5,8-12,15H2,1H3. The zero-order valence-corrected chi connectivity index (χ0v) is 13.5. The fourth-order valence-electron chi connectivity index (χ4n) is 1.46. The molecule has 0 aliphatic heterocycles. The Kier molecular flexibility index (Phi) is 8.96. The number of ether oxygens (including phenoxy) is 1. The van der Waals surface area contributed by atoms with Crippen LogP contribution < -0.4 is 5.73 Å². The fraction of sp³-hybridized carbons (Fsp3) is 0.500. The first-order chi connectivity index (χ1) is 10.6. The number of rotatable bonds is 11. The van der Waals surface area contributed by atoms with Crippen molar-refractivity contribution in [3.8, 4) is 0 Å². The van der Waals surface area contributed by atoms with Gasteiger partial charge in [0.15, 0.2) is 0 Å². The summed E-state index contributed by atoms with van der Waals surface area (Å²) in [5.74, 6) is -0.372. The van der Waals surface area contributed by atoms with Crippen molar-refractivity contribution >= 4 is 13.8 Å². The van der Waals surface area contributed by atoms with Gasteiger partial charge in [-0.25, -0.2) is 4.57 Å². The predicted octanol–water partition coefficient (Wildman–Crippen LogP) is 2.26. The molecule has 0 radical (unpaired) electrons. The number of phosphoric acid groups is 1. The average Bonchev–Trinajstić information content (AvgIpc) is 2.52. The summed E-state index contributed by atoms with van der Waals surface area (Å²) in [4.78, 5) is 10.6. The van der Waals surface area contributed by atoms with E-state index in [9.17, 15) is 9.36 Å². The quantitative estimate of drug-likeness (QED) is 0.377. The largest absolute Gasteiger partial charge is 0.475 e. The molecule has 1 atom stereocenters. The maximum Gasteiger partial charge on any atom is 0.475 e. The summed E-state index contributed by atoms with van der Waals surface area (Å²) >= 11 is 0. The molecule has 0 saturated carbocycles. The molecule has 124 valence electrons. The van der Waals surface area contributed by atoms with Gasteiger partial charge in [-0.15, -0.1) is 0 Å². The van der Waals surface area contributed by atoms with Gasteiger partial charge >= 0.3 is 13.8 Å². The lowest BCUT2D eigenvalue weighted by Gasteiger charge is -2.17. The van der Waals surface area contributed by atoms with E-state index < -0.39 is 7.82 Å². The van der Waals surface area contributed by atoms with E-state index in [1.165, 1.54) is 6.92 Å². The summed E-state index contributed by atoms with van der Waals surface area (Å²) in [6, 6.07) is 9.26.